The van der Waals surface area contributed by atoms with Crippen LogP contribution in [0.15, 0.2) is 18.3 Å². The van der Waals surface area contributed by atoms with E-state index in [1.807, 2.05) is 20.0 Å². The first kappa shape index (κ1) is 5.16. The predicted molar refractivity (Wildman–Crippen MR) is 36.8 cm³/mol. The van der Waals surface area contributed by atoms with Crippen LogP contribution in [0.2, 0.25) is 0 Å². The van der Waals surface area contributed by atoms with Crippen LogP contribution in [0, 0.1) is 0 Å². The molecule has 0 fully saturated rings. The molecule has 0 saturated carbocycles. The standard InChI is InChI=1S/C5H7BN2/c6-5-2-1-4(7)3-8-5/h1-3H,6-7H2. The van der Waals surface area contributed by atoms with E-state index in [4.69, 9.17) is 5.73 Å². The molecule has 3 heteroatoms. The van der Waals surface area contributed by atoms with Crippen LogP contribution in [0.25, 0.3) is 0 Å². The zero-order valence-corrected chi connectivity index (χ0v) is 4.76. The van der Waals surface area contributed by atoms with E-state index < -0.39 is 0 Å². The molecule has 0 unspecified atom stereocenters. The van der Waals surface area contributed by atoms with Gasteiger partial charge < -0.3 is 5.73 Å². The Morgan fingerprint density at radius 1 is 1.50 bits per heavy atom. The molecule has 2 N–H and O–H groups in total. The Morgan fingerprint density at radius 3 is 2.62 bits per heavy atom. The number of nitrogen functional groups attached to an aromatic ring is 1. The molecule has 0 atom stereocenters. The summed E-state index contributed by atoms with van der Waals surface area (Å²) in [5, 5.41) is 0. The summed E-state index contributed by atoms with van der Waals surface area (Å²) in [6, 6.07) is 3.72. The minimum atomic E-state index is 0.718. The Bertz CT molecular complexity index is 149. The zero-order chi connectivity index (χ0) is 5.98. The highest BCUT2D eigenvalue weighted by molar-refractivity contribution is 6.30. The fourth-order valence-corrected chi connectivity index (χ4v) is 0.479. The molecular weight excluding hydrogens is 98.9 g/mol. The Labute approximate surface area is 49.1 Å². The third kappa shape index (κ3) is 0.995. The summed E-state index contributed by atoms with van der Waals surface area (Å²) in [4.78, 5) is 3.95. The minimum absolute atomic E-state index is 0.718. The lowest BCUT2D eigenvalue weighted by Gasteiger charge is -1.89. The lowest BCUT2D eigenvalue weighted by atomic mass is 10.0. The number of pyridine rings is 1. The first-order valence-corrected chi connectivity index (χ1v) is 2.47. The van der Waals surface area contributed by atoms with Gasteiger partial charge in [-0.3, -0.25) is 4.98 Å². The van der Waals surface area contributed by atoms with E-state index in [9.17, 15) is 0 Å². The van der Waals surface area contributed by atoms with E-state index in [0.717, 1.165) is 11.3 Å². The van der Waals surface area contributed by atoms with Gasteiger partial charge in [0, 0.05) is 11.9 Å². The van der Waals surface area contributed by atoms with Crippen LogP contribution in [0.5, 0.6) is 0 Å². The molecule has 1 rings (SSSR count). The van der Waals surface area contributed by atoms with Crippen LogP contribution in [-0.2, 0) is 0 Å². The van der Waals surface area contributed by atoms with Crippen molar-refractivity contribution in [2.75, 3.05) is 5.73 Å². The monoisotopic (exact) mass is 106 g/mol. The Hall–Kier alpha value is -0.985. The quantitative estimate of drug-likeness (QED) is 0.427. The van der Waals surface area contributed by atoms with Crippen LogP contribution in [0.3, 0.4) is 0 Å². The van der Waals surface area contributed by atoms with Crippen LogP contribution in [-0.4, -0.2) is 12.8 Å². The summed E-state index contributed by atoms with van der Waals surface area (Å²) in [5.74, 6) is 0. The van der Waals surface area contributed by atoms with Crippen molar-refractivity contribution in [3.63, 3.8) is 0 Å². The van der Waals surface area contributed by atoms with Gasteiger partial charge in [-0.25, -0.2) is 0 Å². The molecule has 0 aliphatic carbocycles. The number of aromatic nitrogens is 1. The first-order chi connectivity index (χ1) is 3.79. The van der Waals surface area contributed by atoms with Crippen molar-refractivity contribution in [3.8, 4) is 0 Å². The summed E-state index contributed by atoms with van der Waals surface area (Å²) in [5.41, 5.74) is 7.08. The van der Waals surface area contributed by atoms with E-state index >= 15 is 0 Å². The summed E-state index contributed by atoms with van der Waals surface area (Å²) < 4.78 is 0. The second-order valence-corrected chi connectivity index (χ2v) is 1.73. The molecule has 1 aromatic heterocycles. The molecule has 8 heavy (non-hydrogen) atoms. The van der Waals surface area contributed by atoms with Crippen LogP contribution in [0.1, 0.15) is 0 Å². The number of rotatable bonds is 0. The smallest absolute Gasteiger partial charge is 0.163 e. The van der Waals surface area contributed by atoms with E-state index in [1.54, 1.807) is 6.20 Å². The predicted octanol–water partition coefficient (Wildman–Crippen LogP) is -1.08. The number of anilines is 1. The normalized spacial score (nSPS) is 9.00. The lowest BCUT2D eigenvalue weighted by Crippen LogP contribution is -2.06. The van der Waals surface area contributed by atoms with Crippen molar-refractivity contribution in [1.29, 1.82) is 0 Å². The van der Waals surface area contributed by atoms with Gasteiger partial charge >= 0.3 is 0 Å². The van der Waals surface area contributed by atoms with Gasteiger partial charge in [-0.1, -0.05) is 0 Å². The van der Waals surface area contributed by atoms with E-state index in [-0.39, 0.29) is 0 Å². The molecule has 0 spiro atoms. The minimum Gasteiger partial charge on any atom is -0.397 e. The van der Waals surface area contributed by atoms with Crippen LogP contribution >= 0.6 is 0 Å². The molecule has 0 aliphatic rings. The molecule has 40 valence electrons. The topological polar surface area (TPSA) is 38.9 Å². The molecule has 0 amide bonds. The summed E-state index contributed by atoms with van der Waals surface area (Å²) in [6.45, 7) is 0. The maximum atomic E-state index is 5.36. The molecule has 0 radical (unpaired) electrons. The van der Waals surface area contributed by atoms with Gasteiger partial charge in [-0.15, -0.1) is 0 Å². The highest BCUT2D eigenvalue weighted by Gasteiger charge is 1.81. The second-order valence-electron chi connectivity index (χ2n) is 1.73. The van der Waals surface area contributed by atoms with Gasteiger partial charge in [0.15, 0.2) is 7.85 Å². The first-order valence-electron chi connectivity index (χ1n) is 2.47. The Morgan fingerprint density at radius 2 is 2.25 bits per heavy atom. The summed E-state index contributed by atoms with van der Waals surface area (Å²) in [6.07, 6.45) is 1.65. The number of hydrogen-bond donors (Lipinski definition) is 1. The van der Waals surface area contributed by atoms with E-state index in [2.05, 4.69) is 4.98 Å². The number of nitrogens with two attached hydrogens (primary N) is 1. The SMILES string of the molecule is Bc1ccc(N)cn1. The van der Waals surface area contributed by atoms with Gasteiger partial charge in [0.25, 0.3) is 0 Å². The second kappa shape index (κ2) is 1.86. The largest absolute Gasteiger partial charge is 0.397 e. The third-order valence-corrected chi connectivity index (χ3v) is 0.934. The molecule has 0 bridgehead atoms. The molecule has 0 saturated heterocycles. The van der Waals surface area contributed by atoms with Crippen LogP contribution in [0.4, 0.5) is 5.69 Å². The summed E-state index contributed by atoms with van der Waals surface area (Å²) in [7, 11) is 1.93. The zero-order valence-electron chi connectivity index (χ0n) is 4.76. The van der Waals surface area contributed by atoms with Gasteiger partial charge in [-0.05, 0) is 17.7 Å². The number of nitrogens with zero attached hydrogens (tertiary/aromatic N) is 1. The molecule has 1 heterocycles. The maximum absolute atomic E-state index is 5.36. The average Bonchev–Trinajstić information content (AvgIpc) is 1.77. The number of hydrogen-bond acceptors (Lipinski definition) is 2. The average molecular weight is 106 g/mol. The lowest BCUT2D eigenvalue weighted by molar-refractivity contribution is 1.39. The van der Waals surface area contributed by atoms with Crippen molar-refractivity contribution >= 4 is 19.1 Å². The highest BCUT2D eigenvalue weighted by Crippen LogP contribution is 1.90. The molecule has 2 nitrogen and oxygen atoms in total. The van der Waals surface area contributed by atoms with Gasteiger partial charge in [-0.2, -0.15) is 0 Å². The van der Waals surface area contributed by atoms with Crippen molar-refractivity contribution in [1.82, 2.24) is 4.98 Å². The maximum Gasteiger partial charge on any atom is 0.163 e. The summed E-state index contributed by atoms with van der Waals surface area (Å²) >= 11 is 0. The van der Waals surface area contributed by atoms with Gasteiger partial charge in [0.1, 0.15) is 0 Å². The highest BCUT2D eigenvalue weighted by atomic mass is 14.7. The van der Waals surface area contributed by atoms with Crippen LogP contribution < -0.4 is 11.3 Å². The van der Waals surface area contributed by atoms with E-state index in [1.165, 1.54) is 0 Å². The Balaban J connectivity index is 3.03. The fourth-order valence-electron chi connectivity index (χ4n) is 0.479. The fraction of sp³-hybridized carbons (Fsp3) is 0. The van der Waals surface area contributed by atoms with Crippen molar-refractivity contribution in [3.05, 3.63) is 18.3 Å². The Kier molecular flexibility index (Phi) is 1.20. The van der Waals surface area contributed by atoms with E-state index in [0.29, 0.717) is 0 Å². The molecular formula is C5H7BN2. The van der Waals surface area contributed by atoms with Crippen molar-refractivity contribution in [2.45, 2.75) is 0 Å². The van der Waals surface area contributed by atoms with Gasteiger partial charge in [0.05, 0.1) is 0 Å². The van der Waals surface area contributed by atoms with Crippen molar-refractivity contribution < 1.29 is 0 Å². The third-order valence-electron chi connectivity index (χ3n) is 0.934. The molecule has 1 aromatic rings. The van der Waals surface area contributed by atoms with Crippen molar-refractivity contribution in [2.24, 2.45) is 0 Å². The molecule has 0 aromatic carbocycles. The van der Waals surface area contributed by atoms with Gasteiger partial charge in [0.2, 0.25) is 0 Å². The molecule has 0 aliphatic heterocycles.